The minimum atomic E-state index is -3.15. The minimum Gasteiger partial charge on any atom is -0.316 e. The number of aliphatic imine (C=N–C) groups is 1. The van der Waals surface area contributed by atoms with E-state index in [9.17, 15) is 17.6 Å². The minimum absolute atomic E-state index is 0.0160. The largest absolute Gasteiger partial charge is 0.316 e. The highest BCUT2D eigenvalue weighted by Crippen LogP contribution is 2.41. The van der Waals surface area contributed by atoms with Crippen molar-refractivity contribution in [1.29, 1.82) is 0 Å². The Bertz CT molecular complexity index is 856. The van der Waals surface area contributed by atoms with Crippen LogP contribution in [0, 0.1) is 11.7 Å². The van der Waals surface area contributed by atoms with Crippen molar-refractivity contribution in [2.45, 2.75) is 38.0 Å². The fraction of sp³-hybridized carbons (Fsp3) is 0.529. The SMILES string of the molecule is CCC(CC)C(=O)N=C1S[C@@H]2CS(=O)(=O)C[C@H]2N1c1ccc(F)c(Cl)c1. The van der Waals surface area contributed by atoms with E-state index < -0.39 is 15.7 Å². The molecule has 2 atom stereocenters. The summed E-state index contributed by atoms with van der Waals surface area (Å²) in [6.45, 7) is 3.87. The van der Waals surface area contributed by atoms with E-state index in [1.807, 2.05) is 13.8 Å². The topological polar surface area (TPSA) is 66.8 Å². The number of thioether (sulfide) groups is 1. The Labute approximate surface area is 161 Å². The van der Waals surface area contributed by atoms with Gasteiger partial charge in [-0.1, -0.05) is 37.2 Å². The first kappa shape index (κ1) is 19.6. The molecule has 0 N–H and O–H groups in total. The average molecular weight is 419 g/mol. The van der Waals surface area contributed by atoms with Crippen LogP contribution < -0.4 is 4.90 Å². The maximum absolute atomic E-state index is 13.5. The molecule has 0 spiro atoms. The lowest BCUT2D eigenvalue weighted by molar-refractivity contribution is -0.121. The van der Waals surface area contributed by atoms with Crippen LogP contribution in [0.2, 0.25) is 5.02 Å². The molecule has 2 fully saturated rings. The second kappa shape index (κ2) is 7.48. The Kier molecular flexibility index (Phi) is 5.65. The van der Waals surface area contributed by atoms with Crippen LogP contribution in [0.1, 0.15) is 26.7 Å². The van der Waals surface area contributed by atoms with E-state index in [4.69, 9.17) is 11.6 Å². The molecule has 0 radical (unpaired) electrons. The van der Waals surface area contributed by atoms with E-state index in [2.05, 4.69) is 4.99 Å². The standard InChI is InChI=1S/C17H20ClFN2O3S2/c1-3-10(4-2)16(22)20-17-21(11-5-6-13(19)12(18)7-11)14-8-26(23,24)9-15(14)25-17/h5-7,10,14-15H,3-4,8-9H2,1-2H3/t14-,15-/m1/s1. The molecule has 3 rings (SSSR count). The van der Waals surface area contributed by atoms with Gasteiger partial charge in [-0.25, -0.2) is 12.8 Å². The first-order valence-corrected chi connectivity index (χ1v) is 11.6. The summed E-state index contributed by atoms with van der Waals surface area (Å²) in [5, 5.41) is 0.217. The van der Waals surface area contributed by atoms with Crippen molar-refractivity contribution < 1.29 is 17.6 Å². The van der Waals surface area contributed by atoms with Crippen LogP contribution in [0.5, 0.6) is 0 Å². The maximum atomic E-state index is 13.5. The summed E-state index contributed by atoms with van der Waals surface area (Å²) in [4.78, 5) is 18.5. The third-order valence-electron chi connectivity index (χ3n) is 4.79. The van der Waals surface area contributed by atoms with Gasteiger partial charge in [0.1, 0.15) is 5.82 Å². The fourth-order valence-corrected chi connectivity index (χ4v) is 7.42. The van der Waals surface area contributed by atoms with Crippen molar-refractivity contribution >= 4 is 50.0 Å². The Morgan fingerprint density at radius 1 is 1.38 bits per heavy atom. The van der Waals surface area contributed by atoms with Gasteiger partial charge in [0.25, 0.3) is 5.91 Å². The lowest BCUT2D eigenvalue weighted by Gasteiger charge is -2.25. The van der Waals surface area contributed by atoms with Gasteiger partial charge in [-0.3, -0.25) is 4.79 Å². The van der Waals surface area contributed by atoms with Crippen LogP contribution in [0.25, 0.3) is 0 Å². The molecule has 1 aromatic carbocycles. The maximum Gasteiger partial charge on any atom is 0.251 e. The molecule has 2 aliphatic heterocycles. The first-order chi connectivity index (χ1) is 12.3. The molecule has 142 valence electrons. The molecule has 0 aromatic heterocycles. The number of anilines is 1. The second-order valence-electron chi connectivity index (χ2n) is 6.52. The summed E-state index contributed by atoms with van der Waals surface area (Å²) >= 11 is 7.21. The summed E-state index contributed by atoms with van der Waals surface area (Å²) in [7, 11) is -3.15. The van der Waals surface area contributed by atoms with Crippen molar-refractivity contribution in [3.63, 3.8) is 0 Å². The smallest absolute Gasteiger partial charge is 0.251 e. The number of benzene rings is 1. The number of rotatable bonds is 4. The number of hydrogen-bond donors (Lipinski definition) is 0. The quantitative estimate of drug-likeness (QED) is 0.748. The Balaban J connectivity index is 2.01. The first-order valence-electron chi connectivity index (χ1n) is 8.49. The van der Waals surface area contributed by atoms with E-state index >= 15 is 0 Å². The number of amides is 1. The molecule has 2 heterocycles. The zero-order valence-electron chi connectivity index (χ0n) is 14.5. The van der Waals surface area contributed by atoms with Gasteiger partial charge in [0.2, 0.25) is 0 Å². The van der Waals surface area contributed by atoms with Gasteiger partial charge < -0.3 is 4.90 Å². The molecule has 0 unspecified atom stereocenters. The number of carbonyl (C=O) groups is 1. The van der Waals surface area contributed by atoms with Crippen LogP contribution >= 0.6 is 23.4 Å². The number of sulfone groups is 1. The molecule has 1 amide bonds. The Hall–Kier alpha value is -1.12. The molecular weight excluding hydrogens is 399 g/mol. The molecule has 9 heteroatoms. The van der Waals surface area contributed by atoms with E-state index in [0.29, 0.717) is 23.7 Å². The lowest BCUT2D eigenvalue weighted by atomic mass is 10.0. The van der Waals surface area contributed by atoms with Crippen LogP contribution in [-0.2, 0) is 14.6 Å². The van der Waals surface area contributed by atoms with Crippen LogP contribution in [-0.4, -0.2) is 42.3 Å². The third kappa shape index (κ3) is 3.77. The summed E-state index contributed by atoms with van der Waals surface area (Å²) in [5.41, 5.74) is 0.546. The van der Waals surface area contributed by atoms with Crippen LogP contribution in [0.15, 0.2) is 23.2 Å². The van der Waals surface area contributed by atoms with E-state index in [1.165, 1.54) is 30.0 Å². The lowest BCUT2D eigenvalue weighted by Crippen LogP contribution is -2.38. The van der Waals surface area contributed by atoms with Crippen LogP contribution in [0.4, 0.5) is 10.1 Å². The Morgan fingerprint density at radius 3 is 2.69 bits per heavy atom. The highest BCUT2D eigenvalue weighted by Gasteiger charge is 2.49. The van der Waals surface area contributed by atoms with E-state index in [-0.39, 0.29) is 39.6 Å². The van der Waals surface area contributed by atoms with E-state index in [0.717, 1.165) is 0 Å². The molecular formula is C17H20ClFN2O3S2. The van der Waals surface area contributed by atoms with Crippen LogP contribution in [0.3, 0.4) is 0 Å². The van der Waals surface area contributed by atoms with Crippen molar-refractivity contribution in [1.82, 2.24) is 0 Å². The molecule has 5 nitrogen and oxygen atoms in total. The Morgan fingerprint density at radius 2 is 2.08 bits per heavy atom. The monoisotopic (exact) mass is 418 g/mol. The average Bonchev–Trinajstić information content (AvgIpc) is 3.02. The predicted octanol–water partition coefficient (Wildman–Crippen LogP) is 3.52. The number of halogens is 2. The third-order valence-corrected chi connectivity index (χ3v) is 8.29. The molecule has 26 heavy (non-hydrogen) atoms. The van der Waals surface area contributed by atoms with Crippen molar-refractivity contribution in [3.8, 4) is 0 Å². The number of hydrogen-bond acceptors (Lipinski definition) is 4. The molecule has 1 aromatic rings. The van der Waals surface area contributed by atoms with Crippen molar-refractivity contribution in [2.75, 3.05) is 16.4 Å². The zero-order valence-corrected chi connectivity index (χ0v) is 16.9. The van der Waals surface area contributed by atoms with Gasteiger partial charge >= 0.3 is 0 Å². The molecule has 0 saturated carbocycles. The number of fused-ring (bicyclic) bond motifs is 1. The van der Waals surface area contributed by atoms with Gasteiger partial charge in [0.15, 0.2) is 15.0 Å². The fourth-order valence-electron chi connectivity index (χ4n) is 3.32. The molecule has 2 aliphatic rings. The summed E-state index contributed by atoms with van der Waals surface area (Å²) in [6.07, 6.45) is 1.39. The molecule has 2 saturated heterocycles. The molecule has 0 aliphatic carbocycles. The normalized spacial score (nSPS) is 25.9. The van der Waals surface area contributed by atoms with E-state index in [1.54, 1.807) is 4.90 Å². The highest BCUT2D eigenvalue weighted by molar-refractivity contribution is 8.16. The number of nitrogens with zero attached hydrogens (tertiary/aromatic N) is 2. The predicted molar refractivity (Wildman–Crippen MR) is 104 cm³/mol. The second-order valence-corrected chi connectivity index (χ2v) is 10.3. The zero-order chi connectivity index (χ0) is 19.1. The van der Waals surface area contributed by atoms with Crippen molar-refractivity contribution in [3.05, 3.63) is 29.0 Å². The number of amidine groups is 1. The van der Waals surface area contributed by atoms with Gasteiger partial charge in [-0.15, -0.1) is 0 Å². The van der Waals surface area contributed by atoms with Gasteiger partial charge in [0, 0.05) is 16.9 Å². The van der Waals surface area contributed by atoms with Gasteiger partial charge in [-0.2, -0.15) is 4.99 Å². The van der Waals surface area contributed by atoms with Gasteiger partial charge in [-0.05, 0) is 31.0 Å². The van der Waals surface area contributed by atoms with Crippen molar-refractivity contribution in [2.24, 2.45) is 10.9 Å². The molecule has 0 bridgehead atoms. The summed E-state index contributed by atoms with van der Waals surface area (Å²) in [6, 6.07) is 3.88. The summed E-state index contributed by atoms with van der Waals surface area (Å²) < 4.78 is 37.6. The summed E-state index contributed by atoms with van der Waals surface area (Å²) in [5.74, 6) is -0.891. The number of carbonyl (C=O) groups excluding carboxylic acids is 1. The highest BCUT2D eigenvalue weighted by atomic mass is 35.5. The van der Waals surface area contributed by atoms with Gasteiger partial charge in [0.05, 0.1) is 22.6 Å².